The summed E-state index contributed by atoms with van der Waals surface area (Å²) >= 11 is 0. The Morgan fingerprint density at radius 2 is 1.26 bits per heavy atom. The number of epoxide rings is 1. The van der Waals surface area contributed by atoms with Crippen LogP contribution in [0.1, 0.15) is 174 Å². The van der Waals surface area contributed by atoms with E-state index < -0.39 is 83.7 Å². The quantitative estimate of drug-likeness (QED) is 0.0135. The van der Waals surface area contributed by atoms with E-state index >= 15 is 0 Å². The largest absolute Gasteiger partial charge is 0.481 e. The summed E-state index contributed by atoms with van der Waals surface area (Å²) in [4.78, 5) is 61.9. The minimum absolute atomic E-state index is 0.0375. The molecule has 0 bridgehead atoms. The van der Waals surface area contributed by atoms with E-state index in [1.165, 1.54) is 76.7 Å². The van der Waals surface area contributed by atoms with Gasteiger partial charge in [-0.2, -0.15) is 9.29 Å². The van der Waals surface area contributed by atoms with E-state index in [9.17, 15) is 43.5 Å². The molecule has 1 aromatic rings. The lowest BCUT2D eigenvalue weighted by atomic mass is 10.0. The molecule has 2 fully saturated rings. The van der Waals surface area contributed by atoms with Crippen LogP contribution < -0.4 is 11.4 Å². The second-order valence-electron chi connectivity index (χ2n) is 17.7. The van der Waals surface area contributed by atoms with Crippen molar-refractivity contribution in [2.75, 3.05) is 25.6 Å². The molecule has 1 aromatic heterocycles. The maximum atomic E-state index is 12.8. The number of anilines is 1. The number of phosphoric ester groups is 2. The summed E-state index contributed by atoms with van der Waals surface area (Å²) in [6.45, 7) is 2.06. The van der Waals surface area contributed by atoms with Gasteiger partial charge in [0.15, 0.2) is 12.3 Å². The Balaban J connectivity index is 1.42. The van der Waals surface area contributed by atoms with Crippen LogP contribution in [0.15, 0.2) is 53.5 Å². The summed E-state index contributed by atoms with van der Waals surface area (Å²) < 4.78 is 62.5. The minimum Gasteiger partial charge on any atom is -0.462 e. The first kappa shape index (κ1) is 60.2. The van der Waals surface area contributed by atoms with Crippen molar-refractivity contribution in [3.05, 3.63) is 59.2 Å². The second-order valence-corrected chi connectivity index (χ2v) is 20.8. The highest BCUT2D eigenvalue weighted by atomic mass is 31.3. The third-order valence-electron chi connectivity index (χ3n) is 11.6. The number of carbonyl (C=O) groups excluding carboxylic acids is 2. The summed E-state index contributed by atoms with van der Waals surface area (Å²) in [6, 6.07) is 1.24. The number of aliphatic hydroxyl groups is 2. The average molecular weight is 1020 g/mol. The van der Waals surface area contributed by atoms with Gasteiger partial charge in [-0.05, 0) is 57.4 Å². The first-order valence-corrected chi connectivity index (χ1v) is 28.1. The van der Waals surface area contributed by atoms with Crippen LogP contribution in [0.2, 0.25) is 0 Å². The lowest BCUT2D eigenvalue weighted by Crippen LogP contribution is -2.36. The number of carbonyl (C=O) groups is 2. The van der Waals surface area contributed by atoms with Gasteiger partial charge in [0.1, 0.15) is 30.7 Å². The predicted molar refractivity (Wildman–Crippen MR) is 261 cm³/mol. The van der Waals surface area contributed by atoms with Crippen LogP contribution >= 0.6 is 15.6 Å². The van der Waals surface area contributed by atoms with E-state index in [0.29, 0.717) is 19.3 Å². The van der Waals surface area contributed by atoms with Crippen molar-refractivity contribution >= 4 is 33.4 Å². The molecule has 0 amide bonds. The number of unbranched alkanes of at least 4 members (excludes halogenated alkanes) is 16. The Morgan fingerprint density at radius 3 is 1.91 bits per heavy atom. The van der Waals surface area contributed by atoms with Crippen LogP contribution in [-0.2, 0) is 51.0 Å². The van der Waals surface area contributed by atoms with Crippen molar-refractivity contribution < 1.29 is 71.0 Å². The van der Waals surface area contributed by atoms with Gasteiger partial charge in [0, 0.05) is 19.0 Å². The molecule has 69 heavy (non-hydrogen) atoms. The van der Waals surface area contributed by atoms with E-state index in [4.69, 9.17) is 33.7 Å². The van der Waals surface area contributed by atoms with Crippen molar-refractivity contribution in [1.29, 1.82) is 0 Å². The zero-order valence-corrected chi connectivity index (χ0v) is 42.6. The number of aliphatic hydroxyl groups excluding tert-OH is 2. The second kappa shape index (κ2) is 34.3. The van der Waals surface area contributed by atoms with Gasteiger partial charge < -0.3 is 44.7 Å². The molecule has 2 aliphatic rings. The molecule has 394 valence electrons. The SMILES string of the molecule is CCCCC/C=C\C/C=C\CC1OC1C/C=C\CCCC(=O)OC[C@H](COP(=O)(O)OP(=O)(O)OC[C@H]1O[C@@H](n2ccc(N)nc2=O)[C@H](O)[C@@H]1O)OC(=O)CCCCCCCCCCCCCCC. The Bertz CT molecular complexity index is 1860. The van der Waals surface area contributed by atoms with Crippen LogP contribution in [0.5, 0.6) is 0 Å². The van der Waals surface area contributed by atoms with Gasteiger partial charge in [0.05, 0.1) is 25.4 Å². The van der Waals surface area contributed by atoms with Crippen molar-refractivity contribution in [1.82, 2.24) is 9.55 Å². The van der Waals surface area contributed by atoms with Crippen LogP contribution in [0.25, 0.3) is 0 Å². The molecule has 6 N–H and O–H groups in total. The zero-order valence-electron chi connectivity index (χ0n) is 40.8. The number of rotatable bonds is 40. The Morgan fingerprint density at radius 1 is 0.710 bits per heavy atom. The zero-order chi connectivity index (χ0) is 50.3. The van der Waals surface area contributed by atoms with Crippen molar-refractivity contribution in [2.24, 2.45) is 0 Å². The first-order chi connectivity index (χ1) is 33.1. The molecule has 0 radical (unpaired) electrons. The number of hydrogen-bond acceptors (Lipinski definition) is 16. The summed E-state index contributed by atoms with van der Waals surface area (Å²) in [5.74, 6) is -1.37. The fraction of sp³-hybridized carbons (Fsp3) is 0.750. The Labute approximate surface area is 408 Å². The summed E-state index contributed by atoms with van der Waals surface area (Å²) in [6.07, 6.45) is 29.7. The molecule has 2 saturated heterocycles. The van der Waals surface area contributed by atoms with Crippen molar-refractivity contribution in [2.45, 2.75) is 211 Å². The number of phosphoric acid groups is 2. The highest BCUT2D eigenvalue weighted by Crippen LogP contribution is 2.60. The van der Waals surface area contributed by atoms with E-state index in [2.05, 4.69) is 47.4 Å². The van der Waals surface area contributed by atoms with Gasteiger partial charge in [-0.25, -0.2) is 13.9 Å². The van der Waals surface area contributed by atoms with Gasteiger partial charge in [-0.3, -0.25) is 23.2 Å². The van der Waals surface area contributed by atoms with E-state index in [1.807, 2.05) is 12.2 Å². The maximum Gasteiger partial charge on any atom is 0.481 e. The topological polar surface area (TPSA) is 278 Å². The molecular formula is C48H81N3O16P2. The number of esters is 2. The molecular weight excluding hydrogens is 936 g/mol. The summed E-state index contributed by atoms with van der Waals surface area (Å²) in [5.41, 5.74) is 4.58. The molecule has 19 nitrogen and oxygen atoms in total. The normalized spacial score (nSPS) is 22.6. The number of nitrogen functional groups attached to an aromatic ring is 1. The van der Waals surface area contributed by atoms with Crippen LogP contribution in [-0.4, -0.2) is 97.9 Å². The number of allylic oxidation sites excluding steroid dienone is 4. The number of nitrogens with zero attached hydrogens (tertiary/aromatic N) is 2. The number of nitrogens with two attached hydrogens (primary N) is 1. The van der Waals surface area contributed by atoms with Crippen LogP contribution in [0, 0.1) is 0 Å². The molecule has 0 aromatic carbocycles. The fourth-order valence-electron chi connectivity index (χ4n) is 7.58. The summed E-state index contributed by atoms with van der Waals surface area (Å²) in [5, 5.41) is 20.9. The average Bonchev–Trinajstić information content (AvgIpc) is 3.99. The number of aromatic nitrogens is 2. The Kier molecular flexibility index (Phi) is 30.0. The van der Waals surface area contributed by atoms with Crippen molar-refractivity contribution in [3.8, 4) is 0 Å². The third-order valence-corrected chi connectivity index (χ3v) is 14.2. The number of hydrogen-bond donors (Lipinski definition) is 5. The summed E-state index contributed by atoms with van der Waals surface area (Å²) in [7, 11) is -10.9. The molecule has 2 aliphatic heterocycles. The van der Waals surface area contributed by atoms with Gasteiger partial charge in [0.25, 0.3) is 0 Å². The lowest BCUT2D eigenvalue weighted by Gasteiger charge is -2.21. The molecule has 0 spiro atoms. The maximum absolute atomic E-state index is 12.8. The fourth-order valence-corrected chi connectivity index (χ4v) is 9.69. The predicted octanol–water partition coefficient (Wildman–Crippen LogP) is 8.99. The van der Waals surface area contributed by atoms with E-state index in [1.54, 1.807) is 0 Å². The van der Waals surface area contributed by atoms with E-state index in [-0.39, 0.29) is 30.9 Å². The highest BCUT2D eigenvalue weighted by Gasteiger charge is 2.46. The molecule has 9 atom stereocenters. The Hall–Kier alpha value is -3.06. The molecule has 4 unspecified atom stereocenters. The van der Waals surface area contributed by atoms with Crippen LogP contribution in [0.3, 0.4) is 0 Å². The molecule has 3 rings (SSSR count). The van der Waals surface area contributed by atoms with Gasteiger partial charge in [-0.15, -0.1) is 0 Å². The third kappa shape index (κ3) is 26.8. The first-order valence-electron chi connectivity index (χ1n) is 25.1. The van der Waals surface area contributed by atoms with Crippen LogP contribution in [0.4, 0.5) is 5.82 Å². The monoisotopic (exact) mass is 1020 g/mol. The van der Waals surface area contributed by atoms with Gasteiger partial charge in [-0.1, -0.05) is 140 Å². The van der Waals surface area contributed by atoms with E-state index in [0.717, 1.165) is 62.1 Å². The standard InChI is InChI=1S/C48H81N3O16P2/c1-3-5-7-9-11-13-14-15-16-18-20-22-28-32-44(53)64-38(35-61-43(52)31-27-24-23-26-30-40-39(65-40)29-25-21-19-17-12-10-8-6-4-2)36-62-68(57,58)67-69(59,60)63-37-41-45(54)46(55)47(66-41)51-34-33-42(49)50-48(51)56/h12,17,21,23,25-26,33-34,38-41,45-47,54-55H,3-11,13-16,18-20,22,24,27-32,35-37H2,1-2H3,(H,57,58)(H,59,60)(H2,49,50,56)/b17-12-,25-21-,26-23-/t38-,39?,40?,41-,45-,46-,47-/m1/s1. The van der Waals surface area contributed by atoms with Gasteiger partial charge in [0.2, 0.25) is 0 Å². The smallest absolute Gasteiger partial charge is 0.462 e. The molecule has 0 saturated carbocycles. The lowest BCUT2D eigenvalue weighted by molar-refractivity contribution is -0.161. The molecule has 0 aliphatic carbocycles. The molecule has 3 heterocycles. The number of ether oxygens (including phenoxy) is 4. The van der Waals surface area contributed by atoms with Gasteiger partial charge >= 0.3 is 33.3 Å². The highest BCUT2D eigenvalue weighted by molar-refractivity contribution is 7.61. The minimum atomic E-state index is -5.43. The van der Waals surface area contributed by atoms with Crippen molar-refractivity contribution in [3.63, 3.8) is 0 Å². The molecule has 21 heteroatoms.